The maximum absolute atomic E-state index is 6.19. The van der Waals surface area contributed by atoms with Crippen molar-refractivity contribution >= 4 is 11.8 Å². The molecule has 1 nitrogen and oxygen atoms in total. The van der Waals surface area contributed by atoms with Gasteiger partial charge in [-0.2, -0.15) is 11.8 Å². The van der Waals surface area contributed by atoms with Crippen LogP contribution in [0.4, 0.5) is 0 Å². The molecule has 0 aromatic heterocycles. The van der Waals surface area contributed by atoms with Gasteiger partial charge in [-0.1, -0.05) is 13.8 Å². The first-order valence-corrected chi connectivity index (χ1v) is 5.17. The Morgan fingerprint density at radius 2 is 1.80 bits per heavy atom. The first-order valence-electron chi connectivity index (χ1n) is 4.02. The maximum atomic E-state index is 6.19. The highest BCUT2D eigenvalue weighted by Crippen LogP contribution is 2.30. The van der Waals surface area contributed by atoms with E-state index in [9.17, 15) is 0 Å². The van der Waals surface area contributed by atoms with E-state index in [0.717, 1.165) is 0 Å². The van der Waals surface area contributed by atoms with E-state index in [4.69, 9.17) is 5.73 Å². The van der Waals surface area contributed by atoms with Crippen molar-refractivity contribution in [3.8, 4) is 0 Å². The highest BCUT2D eigenvalue weighted by atomic mass is 32.2. The van der Waals surface area contributed by atoms with Crippen LogP contribution >= 0.6 is 11.8 Å². The van der Waals surface area contributed by atoms with Crippen LogP contribution in [0.5, 0.6) is 0 Å². The minimum Gasteiger partial charge on any atom is -0.325 e. The summed E-state index contributed by atoms with van der Waals surface area (Å²) in [5, 5.41) is 0. The second-order valence-corrected chi connectivity index (χ2v) is 4.72. The lowest BCUT2D eigenvalue weighted by Crippen LogP contribution is -2.47. The van der Waals surface area contributed by atoms with E-state index in [1.54, 1.807) is 0 Å². The summed E-state index contributed by atoms with van der Waals surface area (Å²) in [5.41, 5.74) is 6.35. The van der Waals surface area contributed by atoms with Gasteiger partial charge in [-0.25, -0.2) is 0 Å². The van der Waals surface area contributed by atoms with Crippen LogP contribution in [0, 0.1) is 5.92 Å². The molecule has 1 heterocycles. The second kappa shape index (κ2) is 3.14. The summed E-state index contributed by atoms with van der Waals surface area (Å²) in [7, 11) is 0. The van der Waals surface area contributed by atoms with Crippen LogP contribution in [0.25, 0.3) is 0 Å². The summed E-state index contributed by atoms with van der Waals surface area (Å²) >= 11 is 2.03. The molecule has 1 rings (SSSR count). The average molecular weight is 159 g/mol. The lowest BCUT2D eigenvalue weighted by Gasteiger charge is -2.36. The fourth-order valence-corrected chi connectivity index (χ4v) is 2.58. The Kier molecular flexibility index (Phi) is 2.64. The zero-order valence-electron chi connectivity index (χ0n) is 6.89. The molecule has 1 aliphatic heterocycles. The molecule has 60 valence electrons. The Morgan fingerprint density at radius 1 is 1.30 bits per heavy atom. The Morgan fingerprint density at radius 3 is 2.10 bits per heavy atom. The highest BCUT2D eigenvalue weighted by molar-refractivity contribution is 7.99. The predicted molar refractivity (Wildman–Crippen MR) is 48.3 cm³/mol. The summed E-state index contributed by atoms with van der Waals surface area (Å²) in [4.78, 5) is 0. The molecule has 0 atom stereocenters. The van der Waals surface area contributed by atoms with Gasteiger partial charge in [0.15, 0.2) is 0 Å². The van der Waals surface area contributed by atoms with E-state index in [2.05, 4.69) is 13.8 Å². The Hall–Kier alpha value is 0.310. The van der Waals surface area contributed by atoms with Crippen LogP contribution in [0.15, 0.2) is 0 Å². The van der Waals surface area contributed by atoms with Crippen LogP contribution in [0.3, 0.4) is 0 Å². The van der Waals surface area contributed by atoms with E-state index < -0.39 is 0 Å². The summed E-state index contributed by atoms with van der Waals surface area (Å²) in [6.45, 7) is 4.46. The first-order chi connectivity index (χ1) is 4.65. The van der Waals surface area contributed by atoms with E-state index in [1.165, 1.54) is 24.3 Å². The fraction of sp³-hybridized carbons (Fsp3) is 1.00. The normalized spacial score (nSPS) is 25.2. The van der Waals surface area contributed by atoms with E-state index >= 15 is 0 Å². The van der Waals surface area contributed by atoms with Gasteiger partial charge in [0.1, 0.15) is 0 Å². The van der Waals surface area contributed by atoms with Crippen LogP contribution < -0.4 is 5.73 Å². The molecule has 2 heteroatoms. The molecular formula is C8H17NS. The van der Waals surface area contributed by atoms with Crippen molar-refractivity contribution in [1.82, 2.24) is 0 Å². The molecule has 10 heavy (non-hydrogen) atoms. The first kappa shape index (κ1) is 8.41. The standard InChI is InChI=1S/C8H17NS/c1-7(2)8(9)3-5-10-6-4-8/h7H,3-6,9H2,1-2H3. The van der Waals surface area contributed by atoms with Crippen LogP contribution in [-0.2, 0) is 0 Å². The molecule has 0 spiro atoms. The number of hydrogen-bond donors (Lipinski definition) is 1. The molecule has 0 amide bonds. The van der Waals surface area contributed by atoms with Gasteiger partial charge in [0.25, 0.3) is 0 Å². The van der Waals surface area contributed by atoms with E-state index in [-0.39, 0.29) is 5.54 Å². The van der Waals surface area contributed by atoms with Crippen molar-refractivity contribution in [3.63, 3.8) is 0 Å². The van der Waals surface area contributed by atoms with E-state index in [0.29, 0.717) is 5.92 Å². The molecule has 0 bridgehead atoms. The van der Waals surface area contributed by atoms with Crippen molar-refractivity contribution in [2.24, 2.45) is 11.7 Å². The second-order valence-electron chi connectivity index (χ2n) is 3.50. The number of nitrogens with two attached hydrogens (primary N) is 1. The zero-order valence-corrected chi connectivity index (χ0v) is 7.71. The molecule has 0 saturated carbocycles. The number of thioether (sulfide) groups is 1. The zero-order chi connectivity index (χ0) is 7.61. The van der Waals surface area contributed by atoms with Crippen molar-refractivity contribution in [1.29, 1.82) is 0 Å². The van der Waals surface area contributed by atoms with Gasteiger partial charge >= 0.3 is 0 Å². The SMILES string of the molecule is CC(C)C1(N)CCSCC1. The number of hydrogen-bond acceptors (Lipinski definition) is 2. The van der Waals surface area contributed by atoms with Gasteiger partial charge < -0.3 is 5.73 Å². The quantitative estimate of drug-likeness (QED) is 0.632. The highest BCUT2D eigenvalue weighted by Gasteiger charge is 2.30. The third-order valence-electron chi connectivity index (χ3n) is 2.57. The van der Waals surface area contributed by atoms with Crippen LogP contribution in [-0.4, -0.2) is 17.0 Å². The third kappa shape index (κ3) is 1.67. The van der Waals surface area contributed by atoms with Crippen molar-refractivity contribution in [2.75, 3.05) is 11.5 Å². The van der Waals surface area contributed by atoms with Crippen molar-refractivity contribution in [2.45, 2.75) is 32.2 Å². The Labute approximate surface area is 67.8 Å². The smallest absolute Gasteiger partial charge is 0.0193 e. The van der Waals surface area contributed by atoms with Gasteiger partial charge in [-0.3, -0.25) is 0 Å². The summed E-state index contributed by atoms with van der Waals surface area (Å²) in [5.74, 6) is 3.16. The molecule has 0 aromatic rings. The molecule has 1 fully saturated rings. The lowest BCUT2D eigenvalue weighted by molar-refractivity contribution is 0.287. The molecule has 0 aromatic carbocycles. The molecule has 0 unspecified atom stereocenters. The molecule has 2 N–H and O–H groups in total. The maximum Gasteiger partial charge on any atom is 0.0193 e. The fourth-order valence-electron chi connectivity index (χ4n) is 1.33. The van der Waals surface area contributed by atoms with Crippen LogP contribution in [0.2, 0.25) is 0 Å². The van der Waals surface area contributed by atoms with Gasteiger partial charge in [0.2, 0.25) is 0 Å². The Balaban J connectivity index is 2.48. The monoisotopic (exact) mass is 159 g/mol. The average Bonchev–Trinajstić information content (AvgIpc) is 1.89. The molecule has 0 radical (unpaired) electrons. The van der Waals surface area contributed by atoms with E-state index in [1.807, 2.05) is 11.8 Å². The van der Waals surface area contributed by atoms with Crippen molar-refractivity contribution < 1.29 is 0 Å². The summed E-state index contributed by atoms with van der Waals surface area (Å²) in [6.07, 6.45) is 2.41. The minimum absolute atomic E-state index is 0.158. The molecular weight excluding hydrogens is 142 g/mol. The topological polar surface area (TPSA) is 26.0 Å². The number of rotatable bonds is 1. The van der Waals surface area contributed by atoms with Gasteiger partial charge in [-0.15, -0.1) is 0 Å². The van der Waals surface area contributed by atoms with Gasteiger partial charge in [0, 0.05) is 5.54 Å². The molecule has 0 aliphatic carbocycles. The predicted octanol–water partition coefficient (Wildman–Crippen LogP) is 1.87. The summed E-state index contributed by atoms with van der Waals surface area (Å²) < 4.78 is 0. The van der Waals surface area contributed by atoms with Crippen molar-refractivity contribution in [3.05, 3.63) is 0 Å². The van der Waals surface area contributed by atoms with Gasteiger partial charge in [0.05, 0.1) is 0 Å². The molecule has 1 saturated heterocycles. The van der Waals surface area contributed by atoms with Crippen LogP contribution in [0.1, 0.15) is 26.7 Å². The minimum atomic E-state index is 0.158. The van der Waals surface area contributed by atoms with Gasteiger partial charge in [-0.05, 0) is 30.3 Å². The largest absolute Gasteiger partial charge is 0.325 e. The Bertz CT molecular complexity index is 106. The third-order valence-corrected chi connectivity index (χ3v) is 3.56. The summed E-state index contributed by atoms with van der Waals surface area (Å²) in [6, 6.07) is 0. The lowest BCUT2D eigenvalue weighted by atomic mass is 9.82. The molecule has 1 aliphatic rings.